The van der Waals surface area contributed by atoms with E-state index in [4.69, 9.17) is 9.84 Å². The van der Waals surface area contributed by atoms with E-state index in [1.54, 1.807) is 33.8 Å². The Morgan fingerprint density at radius 3 is 2.37 bits per heavy atom. The molecule has 5 aromatic rings. The summed E-state index contributed by atoms with van der Waals surface area (Å²) in [5, 5.41) is 17.6. The second-order valence-corrected chi connectivity index (χ2v) is 12.6. The van der Waals surface area contributed by atoms with Crippen LogP contribution in [0.4, 0.5) is 26.9 Å². The average Bonchev–Trinajstić information content (AvgIpc) is 3.53. The van der Waals surface area contributed by atoms with E-state index in [0.29, 0.717) is 36.1 Å². The van der Waals surface area contributed by atoms with Gasteiger partial charge < -0.3 is 25.2 Å². The van der Waals surface area contributed by atoms with Crippen molar-refractivity contribution in [3.05, 3.63) is 96.3 Å². The molecule has 1 saturated heterocycles. The lowest BCUT2D eigenvalue weighted by Crippen LogP contribution is -2.50. The smallest absolute Gasteiger partial charge is 0.324 e. The number of benzene rings is 3. The van der Waals surface area contributed by atoms with Gasteiger partial charge in [-0.3, -0.25) is 15.4 Å². The van der Waals surface area contributed by atoms with Crippen molar-refractivity contribution in [2.45, 2.75) is 33.1 Å². The van der Waals surface area contributed by atoms with E-state index in [-0.39, 0.29) is 18.3 Å². The number of aryl methyl sites for hydroxylation is 2. The van der Waals surface area contributed by atoms with Crippen LogP contribution in [0.3, 0.4) is 0 Å². The Hall–Kier alpha value is -5.95. The van der Waals surface area contributed by atoms with Crippen molar-refractivity contribution < 1.29 is 19.1 Å². The van der Waals surface area contributed by atoms with Gasteiger partial charge >= 0.3 is 12.1 Å². The van der Waals surface area contributed by atoms with Crippen molar-refractivity contribution in [3.8, 4) is 17.2 Å². The molecule has 2 aromatic heterocycles. The fourth-order valence-electron chi connectivity index (χ4n) is 5.78. The van der Waals surface area contributed by atoms with Gasteiger partial charge in [0.2, 0.25) is 5.91 Å². The summed E-state index contributed by atoms with van der Waals surface area (Å²) in [5.41, 5.74) is 3.50. The molecular formula is C38H43N9O4. The highest BCUT2D eigenvalue weighted by Gasteiger charge is 2.20. The number of ether oxygens (including phenoxy) is 1. The summed E-state index contributed by atoms with van der Waals surface area (Å²) in [6.07, 6.45) is 4.39. The lowest BCUT2D eigenvalue weighted by Gasteiger charge is -2.32. The van der Waals surface area contributed by atoms with E-state index in [1.165, 1.54) is 6.20 Å². The average molecular weight is 690 g/mol. The molecule has 0 radical (unpaired) electrons. The third-order valence-electron chi connectivity index (χ3n) is 8.66. The number of aromatic nitrogens is 3. The molecule has 1 aliphatic rings. The van der Waals surface area contributed by atoms with Crippen LogP contribution in [-0.2, 0) is 11.2 Å². The number of pyridine rings is 1. The van der Waals surface area contributed by atoms with Crippen LogP contribution in [0.15, 0.2) is 85.1 Å². The number of urea groups is 2. The highest BCUT2D eigenvalue weighted by atomic mass is 16.5. The van der Waals surface area contributed by atoms with Crippen molar-refractivity contribution in [1.82, 2.24) is 29.9 Å². The number of hydrogen-bond donors (Lipinski definition) is 4. The fourth-order valence-corrected chi connectivity index (χ4v) is 5.78. The Morgan fingerprint density at radius 1 is 0.843 bits per heavy atom. The second-order valence-electron chi connectivity index (χ2n) is 12.6. The van der Waals surface area contributed by atoms with E-state index < -0.39 is 12.1 Å². The molecule has 264 valence electrons. The molecule has 5 amide bonds. The first-order chi connectivity index (χ1) is 24.7. The molecule has 1 fully saturated rings. The molecule has 13 heteroatoms. The van der Waals surface area contributed by atoms with Crippen molar-refractivity contribution in [3.63, 3.8) is 0 Å². The van der Waals surface area contributed by atoms with Crippen LogP contribution in [0, 0.1) is 6.92 Å². The van der Waals surface area contributed by atoms with Gasteiger partial charge in [-0.05, 0) is 57.1 Å². The van der Waals surface area contributed by atoms with Crippen LogP contribution in [0.5, 0.6) is 11.5 Å². The molecule has 6 rings (SSSR count). The Balaban J connectivity index is 1.11. The highest BCUT2D eigenvalue weighted by Crippen LogP contribution is 2.35. The maximum absolute atomic E-state index is 13.4. The van der Waals surface area contributed by atoms with Crippen LogP contribution in [-0.4, -0.2) is 82.3 Å². The second kappa shape index (κ2) is 16.2. The third kappa shape index (κ3) is 9.00. The Bertz CT molecular complexity index is 2000. The summed E-state index contributed by atoms with van der Waals surface area (Å²) in [6.45, 7) is 6.95. The van der Waals surface area contributed by atoms with Crippen LogP contribution in [0.2, 0.25) is 0 Å². The first kappa shape index (κ1) is 34.9. The Morgan fingerprint density at radius 2 is 1.61 bits per heavy atom. The number of amides is 5. The van der Waals surface area contributed by atoms with Gasteiger partial charge in [0.15, 0.2) is 0 Å². The minimum atomic E-state index is -0.541. The molecule has 4 N–H and O–H groups in total. The predicted octanol–water partition coefficient (Wildman–Crippen LogP) is 6.40. The maximum atomic E-state index is 13.4. The van der Waals surface area contributed by atoms with Crippen LogP contribution in [0.25, 0.3) is 16.5 Å². The van der Waals surface area contributed by atoms with Gasteiger partial charge in [0.1, 0.15) is 23.1 Å². The molecule has 0 saturated carbocycles. The number of rotatable bonds is 11. The summed E-state index contributed by atoms with van der Waals surface area (Å²) in [6, 6.07) is 23.4. The van der Waals surface area contributed by atoms with Gasteiger partial charge in [0, 0.05) is 55.3 Å². The van der Waals surface area contributed by atoms with Gasteiger partial charge in [0.05, 0.1) is 23.6 Å². The van der Waals surface area contributed by atoms with Crippen LogP contribution < -0.4 is 26.0 Å². The molecule has 0 aliphatic carbocycles. The van der Waals surface area contributed by atoms with Crippen LogP contribution >= 0.6 is 0 Å². The fraction of sp³-hybridized carbons (Fsp3) is 0.289. The van der Waals surface area contributed by atoms with E-state index in [2.05, 4.69) is 38.1 Å². The minimum absolute atomic E-state index is 0.105. The number of carbonyl (C=O) groups is 3. The summed E-state index contributed by atoms with van der Waals surface area (Å²) >= 11 is 0. The van der Waals surface area contributed by atoms with E-state index >= 15 is 0 Å². The van der Waals surface area contributed by atoms with Gasteiger partial charge in [0.25, 0.3) is 0 Å². The quantitative estimate of drug-likeness (QED) is 0.126. The molecule has 3 heterocycles. The molecular weight excluding hydrogens is 646 g/mol. The number of likely N-dealkylation sites (N-methyl/N-ethyl adjacent to an activating group) is 1. The number of nitrogens with zero attached hydrogens (tertiary/aromatic N) is 5. The van der Waals surface area contributed by atoms with Gasteiger partial charge in [-0.25, -0.2) is 19.3 Å². The summed E-state index contributed by atoms with van der Waals surface area (Å²) in [4.78, 5) is 46.6. The van der Waals surface area contributed by atoms with Crippen molar-refractivity contribution in [1.29, 1.82) is 0 Å². The number of anilines is 3. The first-order valence-electron chi connectivity index (χ1n) is 17.2. The topological polar surface area (TPSA) is 146 Å². The Kier molecular flexibility index (Phi) is 11.1. The molecule has 0 spiro atoms. The highest BCUT2D eigenvalue weighted by molar-refractivity contribution is 6.07. The monoisotopic (exact) mass is 689 g/mol. The summed E-state index contributed by atoms with van der Waals surface area (Å²) < 4.78 is 8.01. The molecule has 1 aliphatic heterocycles. The van der Waals surface area contributed by atoms with Crippen LogP contribution in [0.1, 0.15) is 31.0 Å². The number of piperazine rings is 1. The van der Waals surface area contributed by atoms with Crippen molar-refractivity contribution in [2.24, 2.45) is 0 Å². The van der Waals surface area contributed by atoms with E-state index in [9.17, 15) is 14.4 Å². The molecule has 0 atom stereocenters. The van der Waals surface area contributed by atoms with E-state index in [1.807, 2.05) is 68.6 Å². The zero-order chi connectivity index (χ0) is 35.7. The number of carbonyl (C=O) groups excluding carboxylic acids is 3. The largest absolute Gasteiger partial charge is 0.457 e. The minimum Gasteiger partial charge on any atom is -0.457 e. The number of unbranched alkanes of at least 4 members (excludes halogenated alkanes) is 1. The standard InChI is InChI=1S/C38H43N9O4/c1-4-5-8-27-23-35(47(44-27)28-13-11-26(2)12-14-28)43-38(50)41-32-15-16-33(31-10-7-6-9-30(31)32)51-29-17-18-39-34(24-29)42-37(49)40-25-36(48)46-21-19-45(3)20-22-46/h6-7,9-18,23-24H,4-5,8,19-22,25H2,1-3H3,(H2,41,43,50)(H2,39,40,42,49). The van der Waals surface area contributed by atoms with Crippen molar-refractivity contribution in [2.75, 3.05) is 55.7 Å². The normalized spacial score (nSPS) is 13.1. The summed E-state index contributed by atoms with van der Waals surface area (Å²) in [7, 11) is 2.02. The predicted molar refractivity (Wildman–Crippen MR) is 199 cm³/mol. The SMILES string of the molecule is CCCCc1cc(NC(=O)Nc2ccc(Oc3ccnc(NC(=O)NCC(=O)N4CCN(C)CC4)c3)c3ccccc23)n(-c2ccc(C)cc2)n1. The van der Waals surface area contributed by atoms with Crippen molar-refractivity contribution >= 4 is 46.1 Å². The zero-order valence-corrected chi connectivity index (χ0v) is 29.1. The molecule has 0 unspecified atom stereocenters. The van der Waals surface area contributed by atoms with E-state index in [0.717, 1.165) is 60.1 Å². The number of hydrogen-bond acceptors (Lipinski definition) is 7. The molecule has 13 nitrogen and oxygen atoms in total. The molecule has 51 heavy (non-hydrogen) atoms. The molecule has 3 aromatic carbocycles. The zero-order valence-electron chi connectivity index (χ0n) is 29.1. The van der Waals surface area contributed by atoms with Gasteiger partial charge in [-0.1, -0.05) is 55.3 Å². The number of nitrogens with one attached hydrogen (secondary N) is 4. The summed E-state index contributed by atoms with van der Waals surface area (Å²) in [5.74, 6) is 1.70. The lowest BCUT2D eigenvalue weighted by atomic mass is 10.1. The number of fused-ring (bicyclic) bond motifs is 1. The lowest BCUT2D eigenvalue weighted by molar-refractivity contribution is -0.131. The third-order valence-corrected chi connectivity index (χ3v) is 8.66. The first-order valence-corrected chi connectivity index (χ1v) is 17.2. The Labute approximate surface area is 297 Å². The molecule has 0 bridgehead atoms. The van der Waals surface area contributed by atoms with Gasteiger partial charge in [-0.2, -0.15) is 5.10 Å². The maximum Gasteiger partial charge on any atom is 0.324 e. The van der Waals surface area contributed by atoms with Gasteiger partial charge in [-0.15, -0.1) is 0 Å².